The summed E-state index contributed by atoms with van der Waals surface area (Å²) in [6.07, 6.45) is 1.41. The highest BCUT2D eigenvalue weighted by atomic mass is 19.1. The van der Waals surface area contributed by atoms with Gasteiger partial charge in [0.15, 0.2) is 18.1 Å². The normalized spacial score (nSPS) is 14.0. The van der Waals surface area contributed by atoms with E-state index in [1.165, 1.54) is 30.3 Å². The van der Waals surface area contributed by atoms with Gasteiger partial charge in [0, 0.05) is 0 Å². The van der Waals surface area contributed by atoms with E-state index in [9.17, 15) is 23.6 Å². The number of imide groups is 1. The topological polar surface area (TPSA) is 123 Å². The third-order valence-corrected chi connectivity index (χ3v) is 4.64. The van der Waals surface area contributed by atoms with Gasteiger partial charge in [-0.15, -0.1) is 0 Å². The Bertz CT molecular complexity index is 1170. The molecule has 184 valence electrons. The van der Waals surface area contributed by atoms with E-state index in [0.717, 1.165) is 0 Å². The number of hydrogen-bond acceptors (Lipinski definition) is 7. The molecule has 0 aromatic heterocycles. The van der Waals surface area contributed by atoms with E-state index in [1.54, 1.807) is 32.0 Å². The van der Waals surface area contributed by atoms with Crippen molar-refractivity contribution in [3.8, 4) is 11.5 Å². The van der Waals surface area contributed by atoms with Gasteiger partial charge in [-0.3, -0.25) is 9.59 Å². The highest BCUT2D eigenvalue weighted by Crippen LogP contribution is 2.30. The molecule has 2 aromatic carbocycles. The van der Waals surface area contributed by atoms with Crippen molar-refractivity contribution in [2.75, 3.05) is 31.7 Å². The summed E-state index contributed by atoms with van der Waals surface area (Å²) >= 11 is 0. The lowest BCUT2D eigenvalue weighted by Crippen LogP contribution is -2.38. The summed E-state index contributed by atoms with van der Waals surface area (Å²) in [6.45, 7) is 3.11. The highest BCUT2D eigenvalue weighted by Gasteiger charge is 2.35. The van der Waals surface area contributed by atoms with Gasteiger partial charge in [0.2, 0.25) is 5.91 Å². The second-order valence-corrected chi connectivity index (χ2v) is 7.14. The minimum Gasteiger partial charge on any atom is -0.490 e. The molecule has 1 aliphatic rings. The second kappa shape index (κ2) is 11.6. The number of hydrogen-bond donors (Lipinski definition) is 2. The Morgan fingerprint density at radius 2 is 1.83 bits per heavy atom. The number of carbonyl (C=O) groups excluding carboxylic acids is 4. The lowest BCUT2D eigenvalue weighted by atomic mass is 10.1. The molecule has 2 N–H and O–H groups in total. The second-order valence-electron chi connectivity index (χ2n) is 7.14. The van der Waals surface area contributed by atoms with Crippen molar-refractivity contribution in [1.82, 2.24) is 10.2 Å². The molecule has 0 spiro atoms. The van der Waals surface area contributed by atoms with E-state index in [1.807, 2.05) is 0 Å². The molecule has 1 fully saturated rings. The molecule has 0 unspecified atom stereocenters. The van der Waals surface area contributed by atoms with Gasteiger partial charge < -0.3 is 24.8 Å². The van der Waals surface area contributed by atoms with E-state index < -0.39 is 36.2 Å². The van der Waals surface area contributed by atoms with Crippen LogP contribution in [0.1, 0.15) is 19.4 Å². The van der Waals surface area contributed by atoms with Gasteiger partial charge in [-0.2, -0.15) is 0 Å². The Balaban J connectivity index is 1.70. The summed E-state index contributed by atoms with van der Waals surface area (Å²) in [5, 5.41) is 4.74. The number of amides is 4. The number of benzene rings is 2. The number of ether oxygens (including phenoxy) is 3. The SMILES string of the molecule is CCOC(=O)COc1ccc(/C=C2/NC(=O)N(CC(=O)Nc3ccccc3F)C2=O)cc1OCC. The first kappa shape index (κ1) is 25.2. The van der Waals surface area contributed by atoms with Crippen LogP contribution in [0.4, 0.5) is 14.9 Å². The third kappa shape index (κ3) is 6.56. The van der Waals surface area contributed by atoms with E-state index in [0.29, 0.717) is 28.6 Å². The van der Waals surface area contributed by atoms with Crippen molar-refractivity contribution in [2.24, 2.45) is 0 Å². The molecule has 4 amide bonds. The largest absolute Gasteiger partial charge is 0.490 e. The van der Waals surface area contributed by atoms with Crippen molar-refractivity contribution in [2.45, 2.75) is 13.8 Å². The van der Waals surface area contributed by atoms with Crippen LogP contribution in [-0.4, -0.2) is 55.1 Å². The summed E-state index contributed by atoms with van der Waals surface area (Å²) in [5.41, 5.74) is 0.378. The van der Waals surface area contributed by atoms with Gasteiger partial charge >= 0.3 is 12.0 Å². The van der Waals surface area contributed by atoms with Gasteiger partial charge in [0.25, 0.3) is 5.91 Å². The van der Waals surface area contributed by atoms with Gasteiger partial charge in [0.05, 0.1) is 18.9 Å². The lowest BCUT2D eigenvalue weighted by Gasteiger charge is -2.12. The first-order valence-electron chi connectivity index (χ1n) is 10.8. The summed E-state index contributed by atoms with van der Waals surface area (Å²) in [5.74, 6) is -2.00. The van der Waals surface area contributed by atoms with Crippen LogP contribution in [0.15, 0.2) is 48.2 Å². The first-order valence-corrected chi connectivity index (χ1v) is 10.8. The number of urea groups is 1. The quantitative estimate of drug-likeness (QED) is 0.301. The fourth-order valence-corrected chi connectivity index (χ4v) is 3.12. The predicted octanol–water partition coefficient (Wildman–Crippen LogP) is 2.70. The molecule has 0 atom stereocenters. The summed E-state index contributed by atoms with van der Waals surface area (Å²) in [6, 6.07) is 9.48. The molecule has 35 heavy (non-hydrogen) atoms. The molecule has 0 aliphatic carbocycles. The van der Waals surface area contributed by atoms with Gasteiger partial charge in [0.1, 0.15) is 18.1 Å². The zero-order valence-corrected chi connectivity index (χ0v) is 19.1. The Morgan fingerprint density at radius 3 is 2.54 bits per heavy atom. The number of nitrogens with one attached hydrogen (secondary N) is 2. The Kier molecular flexibility index (Phi) is 8.38. The van der Waals surface area contributed by atoms with Crippen LogP contribution < -0.4 is 20.1 Å². The van der Waals surface area contributed by atoms with Crippen LogP contribution in [0, 0.1) is 5.82 Å². The van der Waals surface area contributed by atoms with Gasteiger partial charge in [-0.05, 0) is 49.8 Å². The summed E-state index contributed by atoms with van der Waals surface area (Å²) in [7, 11) is 0. The van der Waals surface area contributed by atoms with Crippen molar-refractivity contribution in [3.63, 3.8) is 0 Å². The van der Waals surface area contributed by atoms with E-state index >= 15 is 0 Å². The first-order chi connectivity index (χ1) is 16.8. The fraction of sp³-hybridized carbons (Fsp3) is 0.250. The van der Waals surface area contributed by atoms with Crippen LogP contribution in [0.25, 0.3) is 6.08 Å². The molecule has 1 aliphatic heterocycles. The van der Waals surface area contributed by atoms with Crippen molar-refractivity contribution >= 4 is 35.6 Å². The predicted molar refractivity (Wildman–Crippen MR) is 123 cm³/mol. The lowest BCUT2D eigenvalue weighted by molar-refractivity contribution is -0.145. The van der Waals surface area contributed by atoms with Gasteiger partial charge in [-0.25, -0.2) is 18.9 Å². The number of rotatable bonds is 10. The average Bonchev–Trinajstić information content (AvgIpc) is 3.07. The maximum atomic E-state index is 13.7. The van der Waals surface area contributed by atoms with Crippen LogP contribution in [0.5, 0.6) is 11.5 Å². The maximum Gasteiger partial charge on any atom is 0.344 e. The molecule has 0 radical (unpaired) electrons. The summed E-state index contributed by atoms with van der Waals surface area (Å²) in [4.78, 5) is 49.5. The molecule has 10 nitrogen and oxygen atoms in total. The van der Waals surface area contributed by atoms with Crippen molar-refractivity contribution in [3.05, 3.63) is 59.5 Å². The molecule has 0 saturated carbocycles. The number of nitrogens with zero attached hydrogens (tertiary/aromatic N) is 1. The molecular formula is C24H24FN3O7. The molecule has 1 heterocycles. The Morgan fingerprint density at radius 1 is 1.06 bits per heavy atom. The molecule has 3 rings (SSSR count). The highest BCUT2D eigenvalue weighted by molar-refractivity contribution is 6.16. The van der Waals surface area contributed by atoms with Crippen molar-refractivity contribution in [1.29, 1.82) is 0 Å². The van der Waals surface area contributed by atoms with Crippen LogP contribution in [-0.2, 0) is 19.1 Å². The van der Waals surface area contributed by atoms with Crippen molar-refractivity contribution < 1.29 is 37.8 Å². The average molecular weight is 485 g/mol. The zero-order valence-electron chi connectivity index (χ0n) is 19.1. The molecular weight excluding hydrogens is 461 g/mol. The number of anilines is 1. The molecule has 2 aromatic rings. The van der Waals surface area contributed by atoms with Crippen LogP contribution >= 0.6 is 0 Å². The van der Waals surface area contributed by atoms with Crippen LogP contribution in [0.2, 0.25) is 0 Å². The number of esters is 1. The Hall–Kier alpha value is -4.41. The monoisotopic (exact) mass is 485 g/mol. The standard InChI is InChI=1S/C24H24FN3O7/c1-3-33-20-12-15(9-10-19(20)35-14-22(30)34-4-2)11-18-23(31)28(24(32)27-18)13-21(29)26-17-8-6-5-7-16(17)25/h5-12H,3-4,13-14H2,1-2H3,(H,26,29)(H,27,32)/b18-11+. The van der Waals surface area contributed by atoms with E-state index in [2.05, 4.69) is 10.6 Å². The smallest absolute Gasteiger partial charge is 0.344 e. The summed E-state index contributed by atoms with van der Waals surface area (Å²) < 4.78 is 29.6. The maximum absolute atomic E-state index is 13.7. The van der Waals surface area contributed by atoms with E-state index in [-0.39, 0.29) is 24.6 Å². The minimum atomic E-state index is -0.788. The van der Waals surface area contributed by atoms with Crippen LogP contribution in [0.3, 0.4) is 0 Å². The zero-order chi connectivity index (χ0) is 25.4. The fourth-order valence-electron chi connectivity index (χ4n) is 3.12. The number of para-hydroxylation sites is 1. The number of halogens is 1. The third-order valence-electron chi connectivity index (χ3n) is 4.64. The van der Waals surface area contributed by atoms with Gasteiger partial charge in [-0.1, -0.05) is 18.2 Å². The van der Waals surface area contributed by atoms with E-state index in [4.69, 9.17) is 14.2 Å². The molecule has 1 saturated heterocycles. The molecule has 11 heteroatoms. The Labute approximate surface area is 200 Å². The number of carbonyl (C=O) groups is 4. The minimum absolute atomic E-state index is 0.0590. The molecule has 0 bridgehead atoms.